The van der Waals surface area contributed by atoms with Gasteiger partial charge in [-0.1, -0.05) is 30.3 Å². The number of hydrogen-bond donors (Lipinski definition) is 0. The number of ether oxygens (including phenoxy) is 1. The molecule has 0 amide bonds. The molecule has 1 fully saturated rings. The predicted octanol–water partition coefficient (Wildman–Crippen LogP) is 1.92. The number of carbonyl (C=O) groups excluding carboxylic acids is 2. The molecular formula is C13H14O3. The van der Waals surface area contributed by atoms with Crippen molar-refractivity contribution in [3.05, 3.63) is 35.9 Å². The van der Waals surface area contributed by atoms with Crippen molar-refractivity contribution in [3.63, 3.8) is 0 Å². The largest absolute Gasteiger partial charge is 0.460 e. The molecule has 0 N–H and O–H groups in total. The first-order chi connectivity index (χ1) is 7.74. The highest BCUT2D eigenvalue weighted by molar-refractivity contribution is 6.35. The van der Waals surface area contributed by atoms with E-state index in [9.17, 15) is 9.59 Å². The smallest absolute Gasteiger partial charge is 0.374 e. The van der Waals surface area contributed by atoms with Crippen molar-refractivity contribution >= 4 is 11.8 Å². The minimum absolute atomic E-state index is 0.165. The number of Topliss-reactive ketones (excluding diaryl/α,β-unsaturated/α-hetero) is 1. The van der Waals surface area contributed by atoms with E-state index >= 15 is 0 Å². The molecule has 0 heterocycles. The van der Waals surface area contributed by atoms with Gasteiger partial charge in [-0.25, -0.2) is 4.79 Å². The first kappa shape index (κ1) is 10.9. The Balaban J connectivity index is 1.97. The molecule has 3 nitrogen and oxygen atoms in total. The summed E-state index contributed by atoms with van der Waals surface area (Å²) in [7, 11) is 0. The number of ketones is 1. The van der Waals surface area contributed by atoms with E-state index in [0.717, 1.165) is 12.0 Å². The van der Waals surface area contributed by atoms with Gasteiger partial charge in [-0.15, -0.1) is 0 Å². The van der Waals surface area contributed by atoms with E-state index < -0.39 is 5.97 Å². The van der Waals surface area contributed by atoms with Gasteiger partial charge in [0.15, 0.2) is 0 Å². The van der Waals surface area contributed by atoms with Crippen LogP contribution >= 0.6 is 0 Å². The van der Waals surface area contributed by atoms with E-state index in [2.05, 4.69) is 0 Å². The molecule has 1 aliphatic carbocycles. The van der Waals surface area contributed by atoms with E-state index in [1.54, 1.807) is 6.92 Å². The molecule has 2 atom stereocenters. The zero-order chi connectivity index (χ0) is 11.5. The third-order valence-corrected chi connectivity index (χ3v) is 2.83. The van der Waals surface area contributed by atoms with Crippen LogP contribution in [-0.4, -0.2) is 18.4 Å². The lowest BCUT2D eigenvalue weighted by molar-refractivity contribution is -0.154. The quantitative estimate of drug-likeness (QED) is 0.573. The van der Waals surface area contributed by atoms with Crippen molar-refractivity contribution in [3.8, 4) is 0 Å². The van der Waals surface area contributed by atoms with Gasteiger partial charge in [0.05, 0.1) is 6.61 Å². The highest BCUT2D eigenvalue weighted by Crippen LogP contribution is 2.47. The normalized spacial score (nSPS) is 22.6. The molecule has 1 unspecified atom stereocenters. The third-order valence-electron chi connectivity index (χ3n) is 2.83. The maximum Gasteiger partial charge on any atom is 0.374 e. The lowest BCUT2D eigenvalue weighted by Gasteiger charge is -2.00. The molecule has 0 bridgehead atoms. The van der Waals surface area contributed by atoms with Crippen LogP contribution in [0.5, 0.6) is 0 Å². The summed E-state index contributed by atoms with van der Waals surface area (Å²) in [5.74, 6) is -1.03. The van der Waals surface area contributed by atoms with Crippen LogP contribution in [0.1, 0.15) is 24.8 Å². The number of benzene rings is 1. The lowest BCUT2D eigenvalue weighted by Crippen LogP contribution is -2.19. The minimum atomic E-state index is -0.689. The van der Waals surface area contributed by atoms with Crippen molar-refractivity contribution in [2.45, 2.75) is 19.3 Å². The molecule has 0 aromatic heterocycles. The molecule has 3 heteroatoms. The van der Waals surface area contributed by atoms with Crippen LogP contribution in [0.3, 0.4) is 0 Å². The minimum Gasteiger partial charge on any atom is -0.460 e. The van der Waals surface area contributed by atoms with Gasteiger partial charge in [-0.05, 0) is 24.8 Å². The van der Waals surface area contributed by atoms with E-state index in [-0.39, 0.29) is 24.2 Å². The molecule has 0 saturated heterocycles. The van der Waals surface area contributed by atoms with Gasteiger partial charge in [0.2, 0.25) is 5.78 Å². The molecule has 1 aromatic carbocycles. The first-order valence-electron chi connectivity index (χ1n) is 5.50. The molecule has 0 aliphatic heterocycles. The number of rotatable bonds is 4. The van der Waals surface area contributed by atoms with Crippen LogP contribution in [0.25, 0.3) is 0 Å². The van der Waals surface area contributed by atoms with Gasteiger partial charge in [-0.2, -0.15) is 0 Å². The number of esters is 1. The van der Waals surface area contributed by atoms with Crippen LogP contribution in [0.4, 0.5) is 0 Å². The fraction of sp³-hybridized carbons (Fsp3) is 0.385. The summed E-state index contributed by atoms with van der Waals surface area (Å²) in [5.41, 5.74) is 1.13. The Morgan fingerprint density at radius 2 is 2.00 bits per heavy atom. The number of hydrogen-bond acceptors (Lipinski definition) is 3. The van der Waals surface area contributed by atoms with Crippen LogP contribution in [0.15, 0.2) is 30.3 Å². The second-order valence-electron chi connectivity index (χ2n) is 3.94. The Kier molecular flexibility index (Phi) is 3.04. The fourth-order valence-corrected chi connectivity index (χ4v) is 1.91. The van der Waals surface area contributed by atoms with Gasteiger partial charge < -0.3 is 4.74 Å². The van der Waals surface area contributed by atoms with Crippen molar-refractivity contribution < 1.29 is 14.3 Å². The summed E-state index contributed by atoms with van der Waals surface area (Å²) in [6, 6.07) is 9.80. The number of carbonyl (C=O) groups is 2. The summed E-state index contributed by atoms with van der Waals surface area (Å²) < 4.78 is 4.70. The second kappa shape index (κ2) is 4.47. The van der Waals surface area contributed by atoms with Crippen LogP contribution in [-0.2, 0) is 14.3 Å². The Bertz CT molecular complexity index is 397. The maximum atomic E-state index is 11.6. The van der Waals surface area contributed by atoms with Crippen molar-refractivity contribution in [1.82, 2.24) is 0 Å². The summed E-state index contributed by atoms with van der Waals surface area (Å²) in [6.07, 6.45) is 0.766. The van der Waals surface area contributed by atoms with Gasteiger partial charge >= 0.3 is 5.97 Å². The Hall–Kier alpha value is -1.64. The summed E-state index contributed by atoms with van der Waals surface area (Å²) in [4.78, 5) is 22.8. The van der Waals surface area contributed by atoms with Gasteiger partial charge in [0.25, 0.3) is 0 Å². The van der Waals surface area contributed by atoms with Crippen molar-refractivity contribution in [2.75, 3.05) is 6.61 Å². The summed E-state index contributed by atoms with van der Waals surface area (Å²) in [6.45, 7) is 1.96. The van der Waals surface area contributed by atoms with Gasteiger partial charge in [0.1, 0.15) is 0 Å². The van der Waals surface area contributed by atoms with E-state index in [1.165, 1.54) is 0 Å². The Labute approximate surface area is 94.4 Å². The van der Waals surface area contributed by atoms with Crippen molar-refractivity contribution in [2.24, 2.45) is 5.92 Å². The zero-order valence-corrected chi connectivity index (χ0v) is 9.18. The fourth-order valence-electron chi connectivity index (χ4n) is 1.91. The van der Waals surface area contributed by atoms with Crippen molar-refractivity contribution in [1.29, 1.82) is 0 Å². The van der Waals surface area contributed by atoms with Gasteiger partial charge in [0, 0.05) is 5.92 Å². The van der Waals surface area contributed by atoms with E-state index in [4.69, 9.17) is 4.74 Å². The predicted molar refractivity (Wildman–Crippen MR) is 58.9 cm³/mol. The second-order valence-corrected chi connectivity index (χ2v) is 3.94. The molecule has 84 valence electrons. The van der Waals surface area contributed by atoms with Crippen LogP contribution in [0.2, 0.25) is 0 Å². The molecule has 16 heavy (non-hydrogen) atoms. The molecule has 0 radical (unpaired) electrons. The zero-order valence-electron chi connectivity index (χ0n) is 9.18. The SMILES string of the molecule is CCOC(=O)C(=O)C1C[C@H]1c1ccccc1. The highest BCUT2D eigenvalue weighted by atomic mass is 16.5. The molecule has 2 rings (SSSR count). The summed E-state index contributed by atoms with van der Waals surface area (Å²) in [5, 5.41) is 0. The monoisotopic (exact) mass is 218 g/mol. The standard InChI is InChI=1S/C13H14O3/c1-2-16-13(15)12(14)11-8-10(11)9-6-4-3-5-7-9/h3-7,10-11H,2,8H2,1H3/t10-,11?/m0/s1. The first-order valence-corrected chi connectivity index (χ1v) is 5.50. The van der Waals surface area contributed by atoms with Gasteiger partial charge in [-0.3, -0.25) is 4.79 Å². The maximum absolute atomic E-state index is 11.6. The third kappa shape index (κ3) is 2.13. The lowest BCUT2D eigenvalue weighted by atomic mass is 10.1. The molecule has 1 aliphatic rings. The topological polar surface area (TPSA) is 43.4 Å². The molecule has 1 aromatic rings. The van der Waals surface area contributed by atoms with E-state index in [0.29, 0.717) is 0 Å². The molecular weight excluding hydrogens is 204 g/mol. The van der Waals surface area contributed by atoms with Crippen LogP contribution in [0, 0.1) is 5.92 Å². The average Bonchev–Trinajstić information content (AvgIpc) is 3.09. The summed E-state index contributed by atoms with van der Waals surface area (Å²) >= 11 is 0. The molecule has 1 saturated carbocycles. The average molecular weight is 218 g/mol. The van der Waals surface area contributed by atoms with Crippen LogP contribution < -0.4 is 0 Å². The Morgan fingerprint density at radius 1 is 1.31 bits per heavy atom. The Morgan fingerprint density at radius 3 is 2.62 bits per heavy atom. The molecule has 0 spiro atoms. The highest BCUT2D eigenvalue weighted by Gasteiger charge is 2.46. The van der Waals surface area contributed by atoms with E-state index in [1.807, 2.05) is 30.3 Å².